The summed E-state index contributed by atoms with van der Waals surface area (Å²) in [5.74, 6) is 2.16. The van der Waals surface area contributed by atoms with E-state index in [4.69, 9.17) is 43.3 Å². The number of aromatic nitrogens is 12. The van der Waals surface area contributed by atoms with Crippen LogP contribution in [-0.2, 0) is 0 Å². The highest BCUT2D eigenvalue weighted by Crippen LogP contribution is 2.46. The zero-order valence-corrected chi connectivity index (χ0v) is 73.7. The molecule has 0 saturated heterocycles. The molecule has 138 heavy (non-hydrogen) atoms. The van der Waals surface area contributed by atoms with E-state index >= 15 is 0 Å². The summed E-state index contributed by atoms with van der Waals surface area (Å²) in [6.45, 7) is 7.46. The largest absolute Gasteiger partial charge is 0.309 e. The van der Waals surface area contributed by atoms with Crippen molar-refractivity contribution in [3.8, 4) is 79.2 Å². The molecule has 13 nitrogen and oxygen atoms in total. The number of nitrogens with zero attached hydrogens (tertiary/aromatic N) is 13. The second-order valence-electron chi connectivity index (χ2n) is 34.9. The van der Waals surface area contributed by atoms with Crippen LogP contribution in [0.4, 0.5) is 5.69 Å². The molecule has 21 aromatic carbocycles. The Kier molecular flexibility index (Phi) is 17.2. The molecule has 0 aliphatic rings. The van der Waals surface area contributed by atoms with Crippen LogP contribution in [0.3, 0.4) is 0 Å². The first-order valence-electron chi connectivity index (χ1n) is 48.4. The molecule has 29 aromatic rings. The van der Waals surface area contributed by atoms with Gasteiger partial charge in [0.15, 0.2) is 34.4 Å². The van der Waals surface area contributed by atoms with Gasteiger partial charge in [0.2, 0.25) is 0 Å². The van der Waals surface area contributed by atoms with Gasteiger partial charge in [-0.1, -0.05) is 315 Å². The zero-order chi connectivity index (χ0) is 95.3. The topological polar surface area (TPSA) is 127 Å². The van der Waals surface area contributed by atoms with Crippen LogP contribution in [0.1, 0.15) is 6.85 Å². The summed E-state index contributed by atoms with van der Waals surface area (Å²) in [6, 6.07) is 142. The third-order valence-electron chi connectivity index (χ3n) is 26.9. The molecule has 0 atom stereocenters. The monoisotopic (exact) mass is 1760 g/mol. The molecule has 0 radical (unpaired) electrons. The van der Waals surface area contributed by atoms with Crippen LogP contribution in [0.25, 0.3) is 269 Å². The lowest BCUT2D eigenvalue weighted by molar-refractivity contribution is 1.05. The van der Waals surface area contributed by atoms with Gasteiger partial charge in [0.1, 0.15) is 17.1 Å². The molecule has 0 spiro atoms. The molecule has 13 heteroatoms. The van der Waals surface area contributed by atoms with Crippen molar-refractivity contribution in [1.29, 1.82) is 0 Å². The first kappa shape index (κ1) is 73.6. The van der Waals surface area contributed by atoms with Gasteiger partial charge in [-0.25, -0.2) is 44.7 Å². The molecule has 0 bridgehead atoms. The maximum Gasteiger partial charge on any atom is 0.199 e. The van der Waals surface area contributed by atoms with Gasteiger partial charge in [-0.05, 0) is 214 Å². The summed E-state index contributed by atoms with van der Waals surface area (Å²) in [7, 11) is 0. The highest BCUT2D eigenvalue weighted by molar-refractivity contribution is 6.23. The molecule has 29 rings (SSSR count). The third kappa shape index (κ3) is 13.2. The summed E-state index contributed by atoms with van der Waals surface area (Å²) in [4.78, 5) is 44.5. The first-order chi connectivity index (χ1) is 70.4. The van der Waals surface area contributed by atoms with Gasteiger partial charge in [-0.3, -0.25) is 13.7 Å². The number of para-hydroxylation sites is 4. The van der Waals surface area contributed by atoms with Crippen LogP contribution in [0.2, 0.25) is 0 Å². The Morgan fingerprint density at radius 3 is 1.19 bits per heavy atom. The lowest BCUT2D eigenvalue weighted by Crippen LogP contribution is -2.05. The quantitative estimate of drug-likeness (QED) is 0.131. The Hall–Kier alpha value is -19.0. The van der Waals surface area contributed by atoms with Crippen molar-refractivity contribution in [3.05, 3.63) is 467 Å². The summed E-state index contributed by atoms with van der Waals surface area (Å²) >= 11 is 0. The number of hydrogen-bond acceptors (Lipinski definition) is 8. The molecule has 0 unspecified atom stereocenters. The van der Waals surface area contributed by atoms with Gasteiger partial charge in [-0.2, -0.15) is 0 Å². The zero-order valence-electron chi connectivity index (χ0n) is 78.7. The highest BCUT2D eigenvalue weighted by atomic mass is 15.1. The SMILES string of the molecule is [2H]c1c([2H])c([2H])c(-c2ccc3nc(-c4ccccc4)c(-n4c5ccccc5c5cc6ccccc6cc54)nc3c2)c([2H])c1[2H].[C-]#[N+]c1ccc2ccc(-c3ccc4nc(-n5c6ccccc6c6cc7ccccc7cc65)c(-c5ccc6ccccc6c5)nc4c3)cc2c1.c1ccc(-n2c3ccc(-c4nc5nccnc5nc4-n4c5ccccc5c5cc6ccccc6cc54)cc3c3c4ccccc4ccc32)cc1. The number of fused-ring (bicyclic) bond motifs is 22. The van der Waals surface area contributed by atoms with Gasteiger partial charge in [0.25, 0.3) is 0 Å². The lowest BCUT2D eigenvalue weighted by Gasteiger charge is -2.15. The summed E-state index contributed by atoms with van der Waals surface area (Å²) < 4.78 is 50.4. The Morgan fingerprint density at radius 1 is 0.217 bits per heavy atom. The molecule has 0 aliphatic carbocycles. The standard InChI is InChI=1S/C45H26N4.C44H26N6.C36H23N3/c1-46-37-20-18-29-14-16-33(23-36(29)24-37)34-19-21-40-41(26-34)47-44(35-17-15-28-8-2-3-9-30(28)22-35)45(48-40)49-42-13-7-6-12-38(42)39-25-31-10-4-5-11-32(31)27-43(39)49;1-2-13-31(14-3-1)49-37-20-19-30(25-35(37)40-32-15-7-6-10-27(32)18-21-38(40)49)41-44(48-43-42(47-41)45-22-23-46-43)50-36-17-9-8-16-33(36)34-24-28-11-4-5-12-29(28)26-39(34)50;1-3-11-24(12-4-1)28-19-20-31-32(22-28)38-36(35(37-31)25-13-5-2-6-14-25)39-33-18-10-9-17-29(33)30-21-26-15-7-8-16-27(26)23-34(30)39/h2-27H;1-26H;1-23H/i;;1D,3D,4D,11D,12D. The number of rotatable bonds is 9. The van der Waals surface area contributed by atoms with Crippen LogP contribution in [0, 0.1) is 6.57 Å². The van der Waals surface area contributed by atoms with Crippen molar-refractivity contribution in [2.45, 2.75) is 0 Å². The molecule has 8 heterocycles. The van der Waals surface area contributed by atoms with Crippen LogP contribution >= 0.6 is 0 Å². The van der Waals surface area contributed by atoms with Crippen molar-refractivity contribution in [2.24, 2.45) is 0 Å². The van der Waals surface area contributed by atoms with Crippen LogP contribution in [-0.4, -0.2) is 58.1 Å². The second kappa shape index (κ2) is 32.2. The minimum atomic E-state index is -0.419. The Bertz CT molecular complexity index is 10500. The van der Waals surface area contributed by atoms with Gasteiger partial charge >= 0.3 is 0 Å². The van der Waals surface area contributed by atoms with Gasteiger partial charge in [0, 0.05) is 77.9 Å². The Balaban J connectivity index is 0.000000107. The molecular weight excluding hydrogens is 1680 g/mol. The average molecular weight is 1760 g/mol. The van der Waals surface area contributed by atoms with Crippen molar-refractivity contribution in [3.63, 3.8) is 0 Å². The van der Waals surface area contributed by atoms with Crippen molar-refractivity contribution in [2.75, 3.05) is 0 Å². The predicted molar refractivity (Wildman–Crippen MR) is 570 cm³/mol. The molecule has 640 valence electrons. The average Bonchev–Trinajstić information content (AvgIpc) is 1.58. The molecule has 0 N–H and O–H groups in total. The number of hydrogen-bond donors (Lipinski definition) is 0. The van der Waals surface area contributed by atoms with Gasteiger partial charge < -0.3 is 4.57 Å². The molecule has 8 aromatic heterocycles. The first-order valence-corrected chi connectivity index (χ1v) is 45.9. The molecule has 0 saturated carbocycles. The van der Waals surface area contributed by atoms with Gasteiger partial charge in [-0.15, -0.1) is 0 Å². The molecule has 0 aliphatic heterocycles. The van der Waals surface area contributed by atoms with E-state index in [9.17, 15) is 0 Å². The van der Waals surface area contributed by atoms with E-state index in [2.05, 4.69) is 355 Å². The minimum absolute atomic E-state index is 0.136. The molecule has 0 amide bonds. The van der Waals surface area contributed by atoms with E-state index in [0.29, 0.717) is 45.1 Å². The predicted octanol–water partition coefficient (Wildman–Crippen LogP) is 31.9. The van der Waals surface area contributed by atoms with E-state index in [1.807, 2.05) is 72.8 Å². The highest BCUT2D eigenvalue weighted by Gasteiger charge is 2.27. The van der Waals surface area contributed by atoms with E-state index in [0.717, 1.165) is 160 Å². The fraction of sp³-hybridized carbons (Fsp3) is 0. The van der Waals surface area contributed by atoms with Crippen LogP contribution in [0.15, 0.2) is 455 Å². The third-order valence-corrected chi connectivity index (χ3v) is 26.9. The van der Waals surface area contributed by atoms with Gasteiger partial charge in [0.05, 0.1) is 79.6 Å². The molecule has 0 fully saturated rings. The maximum absolute atomic E-state index is 8.52. The fourth-order valence-electron chi connectivity index (χ4n) is 20.5. The van der Waals surface area contributed by atoms with Crippen molar-refractivity contribution >= 4 is 191 Å². The number of benzene rings is 21. The lowest BCUT2D eigenvalue weighted by atomic mass is 10.00. The summed E-state index contributed by atoms with van der Waals surface area (Å²) in [5.41, 5.74) is 22.1. The van der Waals surface area contributed by atoms with Crippen molar-refractivity contribution in [1.82, 2.24) is 58.1 Å². The van der Waals surface area contributed by atoms with E-state index in [-0.39, 0.29) is 29.7 Å². The summed E-state index contributed by atoms with van der Waals surface area (Å²) in [6.07, 6.45) is 3.35. The van der Waals surface area contributed by atoms with E-state index in [1.165, 1.54) is 59.2 Å². The normalized spacial score (nSPS) is 12.3. The second-order valence-corrected chi connectivity index (χ2v) is 34.9. The van der Waals surface area contributed by atoms with Crippen LogP contribution < -0.4 is 0 Å². The minimum Gasteiger partial charge on any atom is -0.309 e. The molecular formula is C125H75N13. The van der Waals surface area contributed by atoms with E-state index in [1.54, 1.807) is 30.6 Å². The Labute approximate surface area is 796 Å². The smallest absolute Gasteiger partial charge is 0.199 e. The maximum atomic E-state index is 8.52. The summed E-state index contributed by atoms with van der Waals surface area (Å²) in [5, 5.41) is 23.2. The Morgan fingerprint density at radius 2 is 0.601 bits per heavy atom. The van der Waals surface area contributed by atoms with Crippen LogP contribution in [0.5, 0.6) is 0 Å². The van der Waals surface area contributed by atoms with Crippen molar-refractivity contribution < 1.29 is 6.85 Å². The fourth-order valence-corrected chi connectivity index (χ4v) is 20.5. The van der Waals surface area contributed by atoms with E-state index < -0.39 is 6.04 Å².